The molecule has 4 unspecified atom stereocenters. The highest BCUT2D eigenvalue weighted by Gasteiger charge is 2.45. The molecule has 3 aliphatic rings. The molecule has 1 amide bonds. The molecule has 0 aromatic heterocycles. The van der Waals surface area contributed by atoms with Gasteiger partial charge >= 0.3 is 5.97 Å². The van der Waals surface area contributed by atoms with Gasteiger partial charge in [-0.2, -0.15) is 0 Å². The van der Waals surface area contributed by atoms with Crippen LogP contribution in [0.1, 0.15) is 25.7 Å². The van der Waals surface area contributed by atoms with E-state index >= 15 is 0 Å². The predicted molar refractivity (Wildman–Crippen MR) is 71.2 cm³/mol. The summed E-state index contributed by atoms with van der Waals surface area (Å²) >= 11 is 0. The van der Waals surface area contributed by atoms with Crippen LogP contribution in [0.5, 0.6) is 0 Å². The Morgan fingerprint density at radius 2 is 2.20 bits per heavy atom. The zero-order valence-electron chi connectivity index (χ0n) is 11.6. The van der Waals surface area contributed by atoms with Crippen LogP contribution in [0, 0.1) is 11.8 Å². The summed E-state index contributed by atoms with van der Waals surface area (Å²) in [7, 11) is 0. The first-order valence-electron chi connectivity index (χ1n) is 7.50. The van der Waals surface area contributed by atoms with Crippen LogP contribution in [-0.4, -0.2) is 60.3 Å². The lowest BCUT2D eigenvalue weighted by Crippen LogP contribution is -2.55. The molecule has 4 atom stereocenters. The summed E-state index contributed by atoms with van der Waals surface area (Å²) in [5.74, 6) is 0.268. The third-order valence-corrected chi connectivity index (χ3v) is 4.93. The molecule has 3 fully saturated rings. The average molecular weight is 282 g/mol. The Hall–Kier alpha value is -1.14. The topological polar surface area (TPSA) is 78.9 Å². The van der Waals surface area contributed by atoms with Gasteiger partial charge < -0.3 is 20.1 Å². The van der Waals surface area contributed by atoms with Crippen LogP contribution >= 0.6 is 0 Å². The highest BCUT2D eigenvalue weighted by Crippen LogP contribution is 2.38. The molecule has 2 N–H and O–H groups in total. The maximum Gasteiger partial charge on any atom is 0.305 e. The molecule has 6 heteroatoms. The van der Waals surface area contributed by atoms with E-state index in [-0.39, 0.29) is 24.4 Å². The number of nitrogens with zero attached hydrogens (tertiary/aromatic N) is 1. The predicted octanol–water partition coefficient (Wildman–Crippen LogP) is 0.0766. The van der Waals surface area contributed by atoms with E-state index < -0.39 is 5.97 Å². The Bertz CT molecular complexity index is 401. The van der Waals surface area contributed by atoms with Crippen molar-refractivity contribution in [2.75, 3.05) is 26.3 Å². The van der Waals surface area contributed by atoms with Gasteiger partial charge in [0.25, 0.3) is 0 Å². The Morgan fingerprint density at radius 1 is 1.35 bits per heavy atom. The molecule has 0 bridgehead atoms. The van der Waals surface area contributed by atoms with Crippen LogP contribution < -0.4 is 5.32 Å². The third-order valence-electron chi connectivity index (χ3n) is 4.93. The second kappa shape index (κ2) is 5.69. The fraction of sp³-hybridized carbons (Fsp3) is 0.857. The molecule has 0 spiro atoms. The number of carboxylic acids is 1. The molecular formula is C14H22N2O4. The van der Waals surface area contributed by atoms with E-state index in [1.807, 2.05) is 0 Å². The normalized spacial score (nSPS) is 36.9. The van der Waals surface area contributed by atoms with Gasteiger partial charge in [0.2, 0.25) is 5.91 Å². The number of aliphatic carboxylic acids is 1. The second-order valence-electron chi connectivity index (χ2n) is 6.10. The van der Waals surface area contributed by atoms with Gasteiger partial charge in [0, 0.05) is 6.54 Å². The van der Waals surface area contributed by atoms with Crippen LogP contribution in [0.4, 0.5) is 0 Å². The summed E-state index contributed by atoms with van der Waals surface area (Å²) in [6, 6.07) is -0.437. The first-order valence-corrected chi connectivity index (χ1v) is 7.50. The van der Waals surface area contributed by atoms with Crippen LogP contribution in [0.15, 0.2) is 0 Å². The molecule has 1 aliphatic carbocycles. The van der Waals surface area contributed by atoms with Crippen molar-refractivity contribution in [2.24, 2.45) is 11.8 Å². The molecule has 3 rings (SSSR count). The zero-order chi connectivity index (χ0) is 14.1. The first-order chi connectivity index (χ1) is 9.66. The summed E-state index contributed by atoms with van der Waals surface area (Å²) in [5.41, 5.74) is 0. The van der Waals surface area contributed by atoms with Crippen molar-refractivity contribution in [3.63, 3.8) is 0 Å². The van der Waals surface area contributed by atoms with E-state index in [1.54, 1.807) is 4.90 Å². The van der Waals surface area contributed by atoms with E-state index in [0.717, 1.165) is 13.0 Å². The molecule has 0 aromatic carbocycles. The minimum absolute atomic E-state index is 0.0352. The molecule has 0 aromatic rings. The number of morpholine rings is 1. The number of hydrogen-bond acceptors (Lipinski definition) is 4. The van der Waals surface area contributed by atoms with Crippen molar-refractivity contribution in [3.05, 3.63) is 0 Å². The lowest BCUT2D eigenvalue weighted by Gasteiger charge is -2.37. The summed E-state index contributed by atoms with van der Waals surface area (Å²) in [5, 5.41) is 12.3. The van der Waals surface area contributed by atoms with Crippen molar-refractivity contribution in [1.82, 2.24) is 10.2 Å². The highest BCUT2D eigenvalue weighted by molar-refractivity contribution is 5.83. The summed E-state index contributed by atoms with van der Waals surface area (Å²) in [4.78, 5) is 25.4. The van der Waals surface area contributed by atoms with Gasteiger partial charge in [-0.25, -0.2) is 0 Å². The Morgan fingerprint density at radius 3 is 3.00 bits per heavy atom. The number of nitrogens with one attached hydrogen (secondary N) is 1. The Labute approximate surface area is 118 Å². The number of rotatable bonds is 3. The van der Waals surface area contributed by atoms with Gasteiger partial charge in [0.1, 0.15) is 0 Å². The van der Waals surface area contributed by atoms with E-state index in [4.69, 9.17) is 9.84 Å². The van der Waals surface area contributed by atoms with Crippen molar-refractivity contribution < 1.29 is 19.4 Å². The van der Waals surface area contributed by atoms with Gasteiger partial charge in [-0.05, 0) is 31.2 Å². The number of amides is 1. The van der Waals surface area contributed by atoms with Gasteiger partial charge in [-0.3, -0.25) is 9.59 Å². The van der Waals surface area contributed by atoms with E-state index in [0.29, 0.717) is 31.6 Å². The van der Waals surface area contributed by atoms with Crippen molar-refractivity contribution in [3.8, 4) is 0 Å². The molecule has 2 heterocycles. The second-order valence-corrected chi connectivity index (χ2v) is 6.10. The van der Waals surface area contributed by atoms with Gasteiger partial charge in [0.05, 0.1) is 31.7 Å². The standard InChI is InChI=1S/C14H22N2O4/c17-12(18)6-10-8-20-5-4-16(10)14(19)13-11-3-1-2-9(11)7-15-13/h9-11,13,15H,1-8H2,(H,17,18). The smallest absolute Gasteiger partial charge is 0.305 e. The summed E-state index contributed by atoms with van der Waals surface area (Å²) in [6.45, 7) is 2.27. The number of carbonyl (C=O) groups excluding carboxylic acids is 1. The lowest BCUT2D eigenvalue weighted by atomic mass is 9.92. The number of fused-ring (bicyclic) bond motifs is 1. The minimum Gasteiger partial charge on any atom is -0.481 e. The van der Waals surface area contributed by atoms with Crippen molar-refractivity contribution in [1.29, 1.82) is 0 Å². The SMILES string of the molecule is O=C(O)CC1COCCN1C(=O)C1NCC2CCCC21. The number of carbonyl (C=O) groups is 2. The van der Waals surface area contributed by atoms with Crippen LogP contribution in [-0.2, 0) is 14.3 Å². The quantitative estimate of drug-likeness (QED) is 0.766. The van der Waals surface area contributed by atoms with Crippen molar-refractivity contribution in [2.45, 2.75) is 37.8 Å². The molecule has 20 heavy (non-hydrogen) atoms. The molecule has 0 radical (unpaired) electrons. The van der Waals surface area contributed by atoms with Gasteiger partial charge in [-0.15, -0.1) is 0 Å². The maximum atomic E-state index is 12.7. The first kappa shape index (κ1) is 13.8. The van der Waals surface area contributed by atoms with Crippen LogP contribution in [0.2, 0.25) is 0 Å². The maximum absolute atomic E-state index is 12.7. The molecular weight excluding hydrogens is 260 g/mol. The molecule has 6 nitrogen and oxygen atoms in total. The van der Waals surface area contributed by atoms with Gasteiger partial charge in [-0.1, -0.05) is 6.42 Å². The largest absolute Gasteiger partial charge is 0.481 e. The summed E-state index contributed by atoms with van der Waals surface area (Å²) in [6.07, 6.45) is 3.50. The molecule has 1 saturated carbocycles. The van der Waals surface area contributed by atoms with Gasteiger partial charge in [0.15, 0.2) is 0 Å². The number of ether oxygens (including phenoxy) is 1. The molecule has 2 saturated heterocycles. The Balaban J connectivity index is 1.69. The van der Waals surface area contributed by atoms with Crippen LogP contribution in [0.3, 0.4) is 0 Å². The third kappa shape index (κ3) is 2.54. The van der Waals surface area contributed by atoms with E-state index in [1.165, 1.54) is 12.8 Å². The summed E-state index contributed by atoms with van der Waals surface area (Å²) < 4.78 is 5.34. The highest BCUT2D eigenvalue weighted by atomic mass is 16.5. The zero-order valence-corrected chi connectivity index (χ0v) is 11.6. The van der Waals surface area contributed by atoms with E-state index in [2.05, 4.69) is 5.32 Å². The Kier molecular flexibility index (Phi) is 3.94. The number of hydrogen-bond donors (Lipinski definition) is 2. The monoisotopic (exact) mass is 282 g/mol. The average Bonchev–Trinajstić information content (AvgIpc) is 3.00. The fourth-order valence-electron chi connectivity index (χ4n) is 3.95. The van der Waals surface area contributed by atoms with E-state index in [9.17, 15) is 9.59 Å². The van der Waals surface area contributed by atoms with Crippen molar-refractivity contribution >= 4 is 11.9 Å². The fourth-order valence-corrected chi connectivity index (χ4v) is 3.95. The molecule has 2 aliphatic heterocycles. The lowest BCUT2D eigenvalue weighted by molar-refractivity contribution is -0.148. The minimum atomic E-state index is -0.878. The number of carboxylic acid groups (broad SMARTS) is 1. The molecule has 112 valence electrons. The van der Waals surface area contributed by atoms with Crippen LogP contribution in [0.25, 0.3) is 0 Å².